The third-order valence-corrected chi connectivity index (χ3v) is 3.36. The summed E-state index contributed by atoms with van der Waals surface area (Å²) in [5, 5.41) is 0. The van der Waals surface area contributed by atoms with Gasteiger partial charge < -0.3 is 0 Å². The molecule has 1 unspecified atom stereocenters. The quantitative estimate of drug-likeness (QED) is 0.641. The van der Waals surface area contributed by atoms with E-state index in [0.29, 0.717) is 5.92 Å². The minimum atomic E-state index is 0.371. The van der Waals surface area contributed by atoms with E-state index in [4.69, 9.17) is 0 Å². The van der Waals surface area contributed by atoms with Gasteiger partial charge in [-0.25, -0.2) is 0 Å². The molecule has 0 aliphatic heterocycles. The highest BCUT2D eigenvalue weighted by atomic mass is 14.1. The van der Waals surface area contributed by atoms with Crippen LogP contribution >= 0.6 is 0 Å². The maximum absolute atomic E-state index is 4.05. The molecule has 0 heterocycles. The molecule has 0 aliphatic rings. The first-order valence-electron chi connectivity index (χ1n) is 6.66. The summed E-state index contributed by atoms with van der Waals surface area (Å²) in [5.74, 6) is 0.371. The van der Waals surface area contributed by atoms with Gasteiger partial charge in [0.1, 0.15) is 0 Å². The van der Waals surface area contributed by atoms with Gasteiger partial charge >= 0.3 is 0 Å². The number of allylic oxidation sites excluding steroid dienone is 2. The average Bonchev–Trinajstić information content (AvgIpc) is 2.46. The minimum Gasteiger partial charge on any atom is -0.0996 e. The third-order valence-electron chi connectivity index (χ3n) is 3.36. The van der Waals surface area contributed by atoms with Crippen molar-refractivity contribution < 1.29 is 0 Å². The lowest BCUT2D eigenvalue weighted by Crippen LogP contribution is -1.95. The molecule has 0 radical (unpaired) electrons. The predicted octanol–water partition coefficient (Wildman–Crippen LogP) is 5.33. The lowest BCUT2D eigenvalue weighted by atomic mass is 9.92. The zero-order valence-corrected chi connectivity index (χ0v) is 11.6. The van der Waals surface area contributed by atoms with Crippen LogP contribution in [0.25, 0.3) is 5.57 Å². The van der Waals surface area contributed by atoms with Crippen LogP contribution in [0.2, 0.25) is 0 Å². The van der Waals surface area contributed by atoms with Crippen molar-refractivity contribution >= 4 is 5.57 Å². The second-order valence-corrected chi connectivity index (χ2v) is 4.95. The molecular weight excluding hydrogens is 228 g/mol. The molecule has 0 nitrogen and oxygen atoms in total. The van der Waals surface area contributed by atoms with Gasteiger partial charge in [0.2, 0.25) is 0 Å². The second kappa shape index (κ2) is 6.19. The van der Waals surface area contributed by atoms with Crippen molar-refractivity contribution in [1.29, 1.82) is 0 Å². The maximum Gasteiger partial charge on any atom is -0.00477 e. The van der Waals surface area contributed by atoms with Crippen molar-refractivity contribution in [3.63, 3.8) is 0 Å². The largest absolute Gasteiger partial charge is 0.0996 e. The molecular formula is C19H20. The summed E-state index contributed by atoms with van der Waals surface area (Å²) in [6.45, 7) is 8.32. The van der Waals surface area contributed by atoms with Gasteiger partial charge in [0.25, 0.3) is 0 Å². The van der Waals surface area contributed by atoms with Gasteiger partial charge in [-0.1, -0.05) is 85.8 Å². The van der Waals surface area contributed by atoms with E-state index in [0.717, 1.165) is 0 Å². The number of hydrogen-bond acceptors (Lipinski definition) is 0. The molecule has 0 heteroatoms. The van der Waals surface area contributed by atoms with Crippen molar-refractivity contribution in [3.05, 3.63) is 90.0 Å². The van der Waals surface area contributed by atoms with Gasteiger partial charge in [-0.2, -0.15) is 0 Å². The second-order valence-electron chi connectivity index (χ2n) is 4.95. The summed E-state index contributed by atoms with van der Waals surface area (Å²) in [6, 6.07) is 21.1. The maximum atomic E-state index is 4.05. The zero-order valence-electron chi connectivity index (χ0n) is 11.6. The summed E-state index contributed by atoms with van der Waals surface area (Å²) >= 11 is 0. The van der Waals surface area contributed by atoms with Crippen LogP contribution in [-0.2, 0) is 0 Å². The Hall–Kier alpha value is -2.08. The molecule has 2 aromatic carbocycles. The molecule has 0 bridgehead atoms. The smallest absolute Gasteiger partial charge is 0.00477 e. The summed E-state index contributed by atoms with van der Waals surface area (Å²) in [5.41, 5.74) is 4.96. The fourth-order valence-corrected chi connectivity index (χ4v) is 1.99. The molecule has 2 rings (SSSR count). The standard InChI is InChI=1S/C19H20/c1-15(2)16(3)14-19(17-10-6-4-7-11-17)18-12-8-5-9-13-18/h4-14,16H,1H2,2-3H3. The Balaban J connectivity index is 2.49. The first kappa shape index (κ1) is 13.4. The van der Waals surface area contributed by atoms with E-state index in [-0.39, 0.29) is 0 Å². The topological polar surface area (TPSA) is 0 Å². The highest BCUT2D eigenvalue weighted by molar-refractivity contribution is 5.80. The van der Waals surface area contributed by atoms with Gasteiger partial charge in [0, 0.05) is 0 Å². The molecule has 0 N–H and O–H groups in total. The number of hydrogen-bond donors (Lipinski definition) is 0. The van der Waals surface area contributed by atoms with E-state index >= 15 is 0 Å². The van der Waals surface area contributed by atoms with E-state index in [1.165, 1.54) is 22.3 Å². The fraction of sp³-hybridized carbons (Fsp3) is 0.158. The van der Waals surface area contributed by atoms with Gasteiger partial charge in [-0.05, 0) is 29.5 Å². The van der Waals surface area contributed by atoms with Crippen LogP contribution in [0, 0.1) is 5.92 Å². The van der Waals surface area contributed by atoms with E-state index in [2.05, 4.69) is 75.0 Å². The Morgan fingerprint density at radius 2 is 1.32 bits per heavy atom. The molecule has 19 heavy (non-hydrogen) atoms. The molecule has 0 amide bonds. The van der Waals surface area contributed by atoms with Crippen LogP contribution in [0.5, 0.6) is 0 Å². The lowest BCUT2D eigenvalue weighted by Gasteiger charge is -2.12. The molecule has 0 aromatic heterocycles. The third kappa shape index (κ3) is 3.45. The van der Waals surface area contributed by atoms with Gasteiger partial charge in [-0.3, -0.25) is 0 Å². The summed E-state index contributed by atoms with van der Waals surface area (Å²) in [6.07, 6.45) is 2.30. The first-order valence-corrected chi connectivity index (χ1v) is 6.66. The van der Waals surface area contributed by atoms with Crippen LogP contribution in [0.3, 0.4) is 0 Å². The van der Waals surface area contributed by atoms with Crippen molar-refractivity contribution in [2.45, 2.75) is 13.8 Å². The highest BCUT2D eigenvalue weighted by Crippen LogP contribution is 2.26. The SMILES string of the molecule is C=C(C)C(C)C=C(c1ccccc1)c1ccccc1. The molecule has 2 aromatic rings. The van der Waals surface area contributed by atoms with Gasteiger partial charge in [0.05, 0.1) is 0 Å². The fourth-order valence-electron chi connectivity index (χ4n) is 1.99. The van der Waals surface area contributed by atoms with E-state index in [1.54, 1.807) is 0 Å². The normalized spacial score (nSPS) is 11.7. The van der Waals surface area contributed by atoms with Crippen LogP contribution in [0.15, 0.2) is 78.9 Å². The monoisotopic (exact) mass is 248 g/mol. The summed E-state index contributed by atoms with van der Waals surface area (Å²) < 4.78 is 0. The minimum absolute atomic E-state index is 0.371. The van der Waals surface area contributed by atoms with Crippen LogP contribution in [0.4, 0.5) is 0 Å². The van der Waals surface area contributed by atoms with Crippen molar-refractivity contribution in [2.24, 2.45) is 5.92 Å². The van der Waals surface area contributed by atoms with E-state index in [9.17, 15) is 0 Å². The Kier molecular flexibility index (Phi) is 4.35. The molecule has 1 atom stereocenters. The van der Waals surface area contributed by atoms with Crippen LogP contribution in [0.1, 0.15) is 25.0 Å². The molecule has 0 fully saturated rings. The Labute approximate surface area is 116 Å². The van der Waals surface area contributed by atoms with E-state index < -0.39 is 0 Å². The van der Waals surface area contributed by atoms with Gasteiger partial charge in [-0.15, -0.1) is 0 Å². The number of benzene rings is 2. The highest BCUT2D eigenvalue weighted by Gasteiger charge is 2.07. The Morgan fingerprint density at radius 1 is 0.895 bits per heavy atom. The van der Waals surface area contributed by atoms with Crippen molar-refractivity contribution in [3.8, 4) is 0 Å². The van der Waals surface area contributed by atoms with Crippen molar-refractivity contribution in [2.75, 3.05) is 0 Å². The predicted molar refractivity (Wildman–Crippen MR) is 83.9 cm³/mol. The van der Waals surface area contributed by atoms with E-state index in [1.807, 2.05) is 12.1 Å². The summed E-state index contributed by atoms with van der Waals surface area (Å²) in [7, 11) is 0. The zero-order chi connectivity index (χ0) is 13.7. The van der Waals surface area contributed by atoms with Gasteiger partial charge in [0.15, 0.2) is 0 Å². The first-order chi connectivity index (χ1) is 9.18. The Bertz CT molecular complexity index is 520. The van der Waals surface area contributed by atoms with Crippen LogP contribution in [-0.4, -0.2) is 0 Å². The summed E-state index contributed by atoms with van der Waals surface area (Å²) in [4.78, 5) is 0. The molecule has 0 saturated carbocycles. The molecule has 0 spiro atoms. The molecule has 0 aliphatic carbocycles. The Morgan fingerprint density at radius 3 is 1.68 bits per heavy atom. The molecule has 0 saturated heterocycles. The molecule has 96 valence electrons. The number of rotatable bonds is 4. The lowest BCUT2D eigenvalue weighted by molar-refractivity contribution is 0.870. The van der Waals surface area contributed by atoms with Crippen molar-refractivity contribution in [1.82, 2.24) is 0 Å². The van der Waals surface area contributed by atoms with Crippen LogP contribution < -0.4 is 0 Å². The average molecular weight is 248 g/mol.